The van der Waals surface area contributed by atoms with Crippen molar-refractivity contribution in [3.63, 3.8) is 0 Å². The molecule has 100 valence electrons. The van der Waals surface area contributed by atoms with Gasteiger partial charge < -0.3 is 5.73 Å². The molecule has 0 bridgehead atoms. The Balaban J connectivity index is 1.65. The predicted octanol–water partition coefficient (Wildman–Crippen LogP) is 2.49. The van der Waals surface area contributed by atoms with Crippen LogP contribution >= 0.6 is 11.8 Å². The molecule has 2 unspecified atom stereocenters. The van der Waals surface area contributed by atoms with E-state index in [1.165, 1.54) is 16.0 Å². The van der Waals surface area contributed by atoms with Crippen molar-refractivity contribution in [1.29, 1.82) is 0 Å². The van der Waals surface area contributed by atoms with Gasteiger partial charge in [-0.15, -0.1) is 11.8 Å². The average Bonchev–Trinajstić information content (AvgIpc) is 3.04. The highest BCUT2D eigenvalue weighted by molar-refractivity contribution is 8.00. The van der Waals surface area contributed by atoms with Crippen molar-refractivity contribution >= 4 is 11.8 Å². The van der Waals surface area contributed by atoms with Gasteiger partial charge >= 0.3 is 0 Å². The largest absolute Gasteiger partial charge is 0.326 e. The van der Waals surface area contributed by atoms with E-state index in [9.17, 15) is 0 Å². The van der Waals surface area contributed by atoms with Crippen molar-refractivity contribution in [2.75, 3.05) is 0 Å². The number of nitrogens with zero attached hydrogens (tertiary/aromatic N) is 2. The fourth-order valence-corrected chi connectivity index (χ4v) is 3.86. The number of rotatable bonds is 4. The lowest BCUT2D eigenvalue weighted by molar-refractivity contribution is 0.629. The molecule has 0 spiro atoms. The van der Waals surface area contributed by atoms with E-state index in [0.717, 1.165) is 19.4 Å². The Morgan fingerprint density at radius 1 is 1.47 bits per heavy atom. The number of benzene rings is 1. The third-order valence-electron chi connectivity index (χ3n) is 3.63. The standard InChI is InChI=1S/C15H19N3S/c1-2-18-10-11(9-17-18)7-13(16)15-8-12-5-3-4-6-14(12)19-15/h3-6,9-10,13,15H,2,7-8,16H2,1H3. The summed E-state index contributed by atoms with van der Waals surface area (Å²) >= 11 is 1.92. The van der Waals surface area contributed by atoms with Crippen LogP contribution in [0.2, 0.25) is 0 Å². The first-order valence-electron chi connectivity index (χ1n) is 6.77. The quantitative estimate of drug-likeness (QED) is 0.931. The Bertz CT molecular complexity index is 539. The van der Waals surface area contributed by atoms with Crippen molar-refractivity contribution in [2.24, 2.45) is 5.73 Å². The van der Waals surface area contributed by atoms with Gasteiger partial charge in [-0.25, -0.2) is 0 Å². The number of fused-ring (bicyclic) bond motifs is 1. The maximum Gasteiger partial charge on any atom is 0.0522 e. The Labute approximate surface area is 118 Å². The molecular formula is C15H19N3S. The summed E-state index contributed by atoms with van der Waals surface area (Å²) in [5.74, 6) is 0. The average molecular weight is 273 g/mol. The normalized spacial score (nSPS) is 19.4. The lowest BCUT2D eigenvalue weighted by Gasteiger charge is -2.17. The van der Waals surface area contributed by atoms with Crippen LogP contribution in [0.4, 0.5) is 0 Å². The van der Waals surface area contributed by atoms with E-state index >= 15 is 0 Å². The smallest absolute Gasteiger partial charge is 0.0522 e. The third kappa shape index (κ3) is 2.69. The molecular weight excluding hydrogens is 254 g/mol. The fourth-order valence-electron chi connectivity index (χ4n) is 2.54. The number of nitrogens with two attached hydrogens (primary N) is 1. The van der Waals surface area contributed by atoms with Crippen LogP contribution in [-0.2, 0) is 19.4 Å². The summed E-state index contributed by atoms with van der Waals surface area (Å²) in [5.41, 5.74) is 9.07. The number of thioether (sulfide) groups is 1. The molecule has 0 saturated heterocycles. The zero-order valence-corrected chi connectivity index (χ0v) is 11.9. The van der Waals surface area contributed by atoms with Crippen LogP contribution in [0.15, 0.2) is 41.6 Å². The van der Waals surface area contributed by atoms with E-state index in [4.69, 9.17) is 5.73 Å². The van der Waals surface area contributed by atoms with Crippen LogP contribution in [-0.4, -0.2) is 21.1 Å². The minimum atomic E-state index is 0.187. The van der Waals surface area contributed by atoms with Gasteiger partial charge in [0.1, 0.15) is 0 Å². The van der Waals surface area contributed by atoms with Crippen LogP contribution < -0.4 is 5.73 Å². The second-order valence-electron chi connectivity index (χ2n) is 5.04. The van der Waals surface area contributed by atoms with Gasteiger partial charge in [-0.05, 0) is 37.0 Å². The molecule has 2 atom stereocenters. The van der Waals surface area contributed by atoms with E-state index in [2.05, 4.69) is 42.5 Å². The molecule has 1 aliphatic heterocycles. The van der Waals surface area contributed by atoms with Gasteiger partial charge in [-0.3, -0.25) is 4.68 Å². The number of aryl methyl sites for hydroxylation is 1. The summed E-state index contributed by atoms with van der Waals surface area (Å²) in [5, 5.41) is 4.80. The van der Waals surface area contributed by atoms with Crippen molar-refractivity contribution in [3.05, 3.63) is 47.8 Å². The molecule has 0 aliphatic carbocycles. The molecule has 4 heteroatoms. The van der Waals surface area contributed by atoms with Crippen LogP contribution in [0, 0.1) is 0 Å². The first kappa shape index (κ1) is 12.8. The number of hydrogen-bond donors (Lipinski definition) is 1. The molecule has 2 N–H and O–H groups in total. The summed E-state index contributed by atoms with van der Waals surface area (Å²) in [6.45, 7) is 3.01. The van der Waals surface area contributed by atoms with E-state index in [1.807, 2.05) is 22.6 Å². The predicted molar refractivity (Wildman–Crippen MR) is 79.4 cm³/mol. The summed E-state index contributed by atoms with van der Waals surface area (Å²) in [4.78, 5) is 1.40. The molecule has 3 rings (SSSR count). The zero-order valence-electron chi connectivity index (χ0n) is 11.1. The van der Waals surface area contributed by atoms with Gasteiger partial charge in [0.2, 0.25) is 0 Å². The van der Waals surface area contributed by atoms with E-state index in [1.54, 1.807) is 0 Å². The van der Waals surface area contributed by atoms with Crippen LogP contribution in [0.25, 0.3) is 0 Å². The highest BCUT2D eigenvalue weighted by Gasteiger charge is 2.27. The Morgan fingerprint density at radius 3 is 3.05 bits per heavy atom. The zero-order chi connectivity index (χ0) is 13.2. The molecule has 1 aromatic heterocycles. The van der Waals surface area contributed by atoms with E-state index < -0.39 is 0 Å². The Morgan fingerprint density at radius 2 is 2.32 bits per heavy atom. The molecule has 0 fully saturated rings. The van der Waals surface area contributed by atoms with E-state index in [0.29, 0.717) is 5.25 Å². The number of hydrogen-bond acceptors (Lipinski definition) is 3. The van der Waals surface area contributed by atoms with Crippen molar-refractivity contribution in [2.45, 2.75) is 42.5 Å². The van der Waals surface area contributed by atoms with Crippen LogP contribution in [0.5, 0.6) is 0 Å². The van der Waals surface area contributed by atoms with Gasteiger partial charge in [0.15, 0.2) is 0 Å². The molecule has 0 amide bonds. The second-order valence-corrected chi connectivity index (χ2v) is 6.32. The topological polar surface area (TPSA) is 43.8 Å². The summed E-state index contributed by atoms with van der Waals surface area (Å²) < 4.78 is 1.96. The summed E-state index contributed by atoms with van der Waals surface area (Å²) in [6, 6.07) is 8.81. The minimum Gasteiger partial charge on any atom is -0.326 e. The van der Waals surface area contributed by atoms with Crippen molar-refractivity contribution in [3.8, 4) is 0 Å². The first-order chi connectivity index (χ1) is 9.26. The fraction of sp³-hybridized carbons (Fsp3) is 0.400. The van der Waals surface area contributed by atoms with Gasteiger partial charge in [-0.2, -0.15) is 5.10 Å². The lowest BCUT2D eigenvalue weighted by Crippen LogP contribution is -2.34. The Kier molecular flexibility index (Phi) is 3.62. The molecule has 2 heterocycles. The van der Waals surface area contributed by atoms with Gasteiger partial charge in [0.05, 0.1) is 6.20 Å². The third-order valence-corrected chi connectivity index (χ3v) is 5.10. The molecule has 2 aromatic rings. The molecule has 0 radical (unpaired) electrons. The second kappa shape index (κ2) is 5.39. The number of aromatic nitrogens is 2. The monoisotopic (exact) mass is 273 g/mol. The maximum absolute atomic E-state index is 6.38. The molecule has 0 saturated carbocycles. The molecule has 3 nitrogen and oxygen atoms in total. The molecule has 1 aromatic carbocycles. The molecule has 19 heavy (non-hydrogen) atoms. The minimum absolute atomic E-state index is 0.187. The highest BCUT2D eigenvalue weighted by Crippen LogP contribution is 2.38. The first-order valence-corrected chi connectivity index (χ1v) is 7.65. The van der Waals surface area contributed by atoms with Gasteiger partial charge in [0.25, 0.3) is 0 Å². The van der Waals surface area contributed by atoms with E-state index in [-0.39, 0.29) is 6.04 Å². The lowest BCUT2D eigenvalue weighted by atomic mass is 10.0. The Hall–Kier alpha value is -1.26. The van der Waals surface area contributed by atoms with Crippen molar-refractivity contribution in [1.82, 2.24) is 9.78 Å². The van der Waals surface area contributed by atoms with Gasteiger partial charge in [-0.1, -0.05) is 18.2 Å². The van der Waals surface area contributed by atoms with Crippen molar-refractivity contribution < 1.29 is 0 Å². The van der Waals surface area contributed by atoms with Crippen LogP contribution in [0.3, 0.4) is 0 Å². The summed E-state index contributed by atoms with van der Waals surface area (Å²) in [7, 11) is 0. The van der Waals surface area contributed by atoms with Crippen LogP contribution in [0.1, 0.15) is 18.1 Å². The molecule has 1 aliphatic rings. The van der Waals surface area contributed by atoms with Gasteiger partial charge in [0, 0.05) is 28.9 Å². The highest BCUT2D eigenvalue weighted by atomic mass is 32.2. The maximum atomic E-state index is 6.38. The summed E-state index contributed by atoms with van der Waals surface area (Å²) in [6.07, 6.45) is 6.04. The SMILES string of the molecule is CCn1cc(CC(N)C2Cc3ccccc3S2)cn1.